The molecule has 0 bridgehead atoms. The number of benzene rings is 2. The van der Waals surface area contributed by atoms with Crippen molar-refractivity contribution >= 4 is 23.5 Å². The number of ether oxygens (including phenoxy) is 1. The largest absolute Gasteiger partial charge is 0.489 e. The van der Waals surface area contributed by atoms with E-state index < -0.39 is 0 Å². The number of aromatic nitrogens is 2. The standard InChI is InChI=1S/C22H21ClN4O2/c23-19-6-8-20(9-7-19)29-16-17-2-4-18(5-3-17)21(28)26-12-14-27(15-13-26)22-24-10-1-11-25-22/h1-11H,12-16H2. The third-order valence-electron chi connectivity index (χ3n) is 4.82. The molecule has 4 rings (SSSR count). The second-order valence-corrected chi connectivity index (χ2v) is 7.20. The van der Waals surface area contributed by atoms with Gasteiger partial charge in [-0.15, -0.1) is 0 Å². The van der Waals surface area contributed by atoms with Gasteiger partial charge in [0.25, 0.3) is 5.91 Å². The molecule has 0 atom stereocenters. The van der Waals surface area contributed by atoms with E-state index in [0.717, 1.165) is 24.4 Å². The van der Waals surface area contributed by atoms with Crippen LogP contribution in [0.3, 0.4) is 0 Å². The molecule has 1 saturated heterocycles. The van der Waals surface area contributed by atoms with E-state index in [1.54, 1.807) is 30.6 Å². The summed E-state index contributed by atoms with van der Waals surface area (Å²) in [4.78, 5) is 25.3. The number of hydrogen-bond acceptors (Lipinski definition) is 5. The lowest BCUT2D eigenvalue weighted by molar-refractivity contribution is 0.0746. The third kappa shape index (κ3) is 4.84. The maximum atomic E-state index is 12.8. The fourth-order valence-corrected chi connectivity index (χ4v) is 3.31. The molecule has 2 aromatic carbocycles. The van der Waals surface area contributed by atoms with Gasteiger partial charge in [0.15, 0.2) is 0 Å². The lowest BCUT2D eigenvalue weighted by Gasteiger charge is -2.34. The molecule has 6 nitrogen and oxygen atoms in total. The smallest absolute Gasteiger partial charge is 0.253 e. The van der Waals surface area contributed by atoms with E-state index in [1.807, 2.05) is 41.3 Å². The first-order valence-corrected chi connectivity index (χ1v) is 9.85. The summed E-state index contributed by atoms with van der Waals surface area (Å²) in [5.74, 6) is 1.52. The van der Waals surface area contributed by atoms with Gasteiger partial charge < -0.3 is 14.5 Å². The molecule has 0 saturated carbocycles. The molecular formula is C22H21ClN4O2. The summed E-state index contributed by atoms with van der Waals surface area (Å²) in [5, 5.41) is 0.678. The Labute approximate surface area is 174 Å². The highest BCUT2D eigenvalue weighted by molar-refractivity contribution is 6.30. The summed E-state index contributed by atoms with van der Waals surface area (Å²) >= 11 is 5.88. The van der Waals surface area contributed by atoms with E-state index in [0.29, 0.717) is 36.2 Å². The first-order valence-electron chi connectivity index (χ1n) is 9.47. The fourth-order valence-electron chi connectivity index (χ4n) is 3.19. The van der Waals surface area contributed by atoms with Gasteiger partial charge in [0, 0.05) is 49.2 Å². The lowest BCUT2D eigenvalue weighted by atomic mass is 10.1. The molecule has 1 fully saturated rings. The fraction of sp³-hybridized carbons (Fsp3) is 0.227. The van der Waals surface area contributed by atoms with Crippen LogP contribution in [0.5, 0.6) is 5.75 Å². The molecule has 2 heterocycles. The number of anilines is 1. The monoisotopic (exact) mass is 408 g/mol. The minimum absolute atomic E-state index is 0.0452. The predicted molar refractivity (Wildman–Crippen MR) is 112 cm³/mol. The maximum absolute atomic E-state index is 12.8. The minimum Gasteiger partial charge on any atom is -0.489 e. The number of amides is 1. The molecule has 3 aromatic rings. The molecule has 29 heavy (non-hydrogen) atoms. The Kier molecular flexibility index (Phi) is 5.91. The van der Waals surface area contributed by atoms with Crippen LogP contribution < -0.4 is 9.64 Å². The molecule has 1 amide bonds. The quantitative estimate of drug-likeness (QED) is 0.644. The van der Waals surface area contributed by atoms with Crippen LogP contribution in [0, 0.1) is 0 Å². The highest BCUT2D eigenvalue weighted by Crippen LogP contribution is 2.18. The van der Waals surface area contributed by atoms with Crippen molar-refractivity contribution in [2.45, 2.75) is 6.61 Å². The molecule has 0 radical (unpaired) electrons. The Morgan fingerprint density at radius 3 is 2.24 bits per heavy atom. The minimum atomic E-state index is 0.0452. The van der Waals surface area contributed by atoms with Crippen LogP contribution in [0.15, 0.2) is 67.0 Å². The predicted octanol–water partition coefficient (Wildman–Crippen LogP) is 3.67. The summed E-state index contributed by atoms with van der Waals surface area (Å²) in [6.07, 6.45) is 3.47. The molecule has 1 aliphatic rings. The summed E-state index contributed by atoms with van der Waals surface area (Å²) in [5.41, 5.74) is 1.69. The average Bonchev–Trinajstić information content (AvgIpc) is 2.79. The van der Waals surface area contributed by atoms with Gasteiger partial charge in [0.1, 0.15) is 12.4 Å². The Bertz CT molecular complexity index is 941. The van der Waals surface area contributed by atoms with Crippen LogP contribution in [-0.2, 0) is 6.61 Å². The van der Waals surface area contributed by atoms with Crippen LogP contribution in [0.25, 0.3) is 0 Å². The number of halogens is 1. The van der Waals surface area contributed by atoms with Gasteiger partial charge in [-0.05, 0) is 48.0 Å². The second kappa shape index (κ2) is 8.92. The van der Waals surface area contributed by atoms with Crippen molar-refractivity contribution in [1.82, 2.24) is 14.9 Å². The molecule has 0 aliphatic carbocycles. The Morgan fingerprint density at radius 1 is 0.931 bits per heavy atom. The summed E-state index contributed by atoms with van der Waals surface area (Å²) < 4.78 is 5.75. The van der Waals surface area contributed by atoms with Crippen molar-refractivity contribution in [2.24, 2.45) is 0 Å². The number of carbonyl (C=O) groups excluding carboxylic acids is 1. The number of rotatable bonds is 5. The van der Waals surface area contributed by atoms with Gasteiger partial charge in [0.2, 0.25) is 5.95 Å². The Morgan fingerprint density at radius 2 is 1.59 bits per heavy atom. The zero-order chi connectivity index (χ0) is 20.1. The highest BCUT2D eigenvalue weighted by atomic mass is 35.5. The van der Waals surface area contributed by atoms with Crippen LogP contribution in [0.2, 0.25) is 5.02 Å². The van der Waals surface area contributed by atoms with Gasteiger partial charge in [-0.1, -0.05) is 23.7 Å². The van der Waals surface area contributed by atoms with Crippen molar-refractivity contribution in [3.8, 4) is 5.75 Å². The van der Waals surface area contributed by atoms with Gasteiger partial charge in [-0.2, -0.15) is 0 Å². The molecule has 0 unspecified atom stereocenters. The van der Waals surface area contributed by atoms with Crippen molar-refractivity contribution in [1.29, 1.82) is 0 Å². The molecule has 1 aromatic heterocycles. The number of piperazine rings is 1. The van der Waals surface area contributed by atoms with Crippen molar-refractivity contribution in [3.05, 3.63) is 83.1 Å². The van der Waals surface area contributed by atoms with Crippen LogP contribution >= 0.6 is 11.6 Å². The van der Waals surface area contributed by atoms with Crippen molar-refractivity contribution < 1.29 is 9.53 Å². The van der Waals surface area contributed by atoms with Crippen LogP contribution in [-0.4, -0.2) is 47.0 Å². The van der Waals surface area contributed by atoms with E-state index in [4.69, 9.17) is 16.3 Å². The van der Waals surface area contributed by atoms with E-state index in [-0.39, 0.29) is 5.91 Å². The molecule has 7 heteroatoms. The van der Waals surface area contributed by atoms with Crippen LogP contribution in [0.1, 0.15) is 15.9 Å². The first kappa shape index (κ1) is 19.2. The summed E-state index contributed by atoms with van der Waals surface area (Å²) in [7, 11) is 0. The van der Waals surface area contributed by atoms with Gasteiger partial charge >= 0.3 is 0 Å². The van der Waals surface area contributed by atoms with E-state index in [9.17, 15) is 4.79 Å². The molecule has 1 aliphatic heterocycles. The van der Waals surface area contributed by atoms with E-state index >= 15 is 0 Å². The lowest BCUT2D eigenvalue weighted by Crippen LogP contribution is -2.49. The number of nitrogens with zero attached hydrogens (tertiary/aromatic N) is 4. The van der Waals surface area contributed by atoms with Crippen molar-refractivity contribution in [3.63, 3.8) is 0 Å². The molecular weight excluding hydrogens is 388 g/mol. The highest BCUT2D eigenvalue weighted by Gasteiger charge is 2.23. The zero-order valence-electron chi connectivity index (χ0n) is 15.9. The zero-order valence-corrected chi connectivity index (χ0v) is 16.6. The summed E-state index contributed by atoms with van der Waals surface area (Å²) in [6, 6.07) is 16.6. The van der Waals surface area contributed by atoms with Gasteiger partial charge in [0.05, 0.1) is 0 Å². The topological polar surface area (TPSA) is 58.6 Å². The molecule has 0 N–H and O–H groups in total. The van der Waals surface area contributed by atoms with Gasteiger partial charge in [-0.3, -0.25) is 4.79 Å². The first-order chi connectivity index (χ1) is 14.2. The van der Waals surface area contributed by atoms with E-state index in [1.165, 1.54) is 0 Å². The Hall–Kier alpha value is -3.12. The van der Waals surface area contributed by atoms with Crippen molar-refractivity contribution in [2.75, 3.05) is 31.1 Å². The van der Waals surface area contributed by atoms with Crippen LogP contribution in [0.4, 0.5) is 5.95 Å². The molecule has 0 spiro atoms. The SMILES string of the molecule is O=C(c1ccc(COc2ccc(Cl)cc2)cc1)N1CCN(c2ncccn2)CC1. The Balaban J connectivity index is 1.31. The second-order valence-electron chi connectivity index (χ2n) is 6.77. The number of hydrogen-bond donors (Lipinski definition) is 0. The maximum Gasteiger partial charge on any atom is 0.253 e. The van der Waals surface area contributed by atoms with Gasteiger partial charge in [-0.25, -0.2) is 9.97 Å². The number of carbonyl (C=O) groups is 1. The third-order valence-corrected chi connectivity index (χ3v) is 5.07. The summed E-state index contributed by atoms with van der Waals surface area (Å²) in [6.45, 7) is 3.19. The normalized spacial score (nSPS) is 14.0. The van der Waals surface area contributed by atoms with E-state index in [2.05, 4.69) is 14.9 Å². The molecule has 148 valence electrons. The average molecular weight is 409 g/mol.